The van der Waals surface area contributed by atoms with Crippen molar-refractivity contribution in [3.63, 3.8) is 0 Å². The molecule has 0 spiro atoms. The van der Waals surface area contributed by atoms with Crippen LogP contribution in [0.1, 0.15) is 78.4 Å². The van der Waals surface area contributed by atoms with Crippen LogP contribution in [-0.4, -0.2) is 68.3 Å². The Morgan fingerprint density at radius 3 is 2.23 bits per heavy atom. The van der Waals surface area contributed by atoms with E-state index in [1.54, 1.807) is 70.7 Å². The van der Waals surface area contributed by atoms with Gasteiger partial charge in [0.05, 0.1) is 11.7 Å². The molecule has 3 aliphatic rings. The van der Waals surface area contributed by atoms with Gasteiger partial charge in [-0.1, -0.05) is 43.2 Å². The number of nitrogens with one attached hydrogen (secondary N) is 1. The minimum absolute atomic E-state index is 0.0103. The van der Waals surface area contributed by atoms with Crippen molar-refractivity contribution in [3.05, 3.63) is 53.3 Å². The summed E-state index contributed by atoms with van der Waals surface area (Å²) >= 11 is 0. The molecule has 1 aliphatic carbocycles. The number of carbonyl (C=O) groups excluding carboxylic acids is 3. The van der Waals surface area contributed by atoms with Gasteiger partial charge in [-0.3, -0.25) is 9.69 Å². The van der Waals surface area contributed by atoms with Crippen LogP contribution in [0.15, 0.2) is 36.4 Å². The van der Waals surface area contributed by atoms with Gasteiger partial charge in [0.15, 0.2) is 5.82 Å². The average molecular weight is 689 g/mol. The monoisotopic (exact) mass is 688 g/mol. The van der Waals surface area contributed by atoms with Gasteiger partial charge >= 0.3 is 22.4 Å². The number of ether oxygens (including phenoxy) is 3. The molecular formula is C34H45FN4O8S. The van der Waals surface area contributed by atoms with E-state index in [0.29, 0.717) is 10.8 Å². The Bertz CT molecular complexity index is 1650. The number of amides is 3. The zero-order chi connectivity index (χ0) is 35.0. The third-order valence-electron chi connectivity index (χ3n) is 8.28. The van der Waals surface area contributed by atoms with E-state index in [9.17, 15) is 22.8 Å². The second-order valence-corrected chi connectivity index (χ2v) is 16.2. The topological polar surface area (TPSA) is 135 Å². The van der Waals surface area contributed by atoms with Gasteiger partial charge in [0, 0.05) is 31.1 Å². The van der Waals surface area contributed by atoms with Crippen molar-refractivity contribution in [1.82, 2.24) is 9.62 Å². The molecule has 2 aliphatic heterocycles. The lowest BCUT2D eigenvalue weighted by Gasteiger charge is -2.34. The minimum Gasteiger partial charge on any atom is -0.487 e. The summed E-state index contributed by atoms with van der Waals surface area (Å²) < 4.78 is 62.9. The molecular weight excluding hydrogens is 643 g/mol. The Kier molecular flexibility index (Phi) is 9.87. The molecule has 1 saturated heterocycles. The van der Waals surface area contributed by atoms with Gasteiger partial charge in [0.25, 0.3) is 5.91 Å². The van der Waals surface area contributed by atoms with Crippen LogP contribution in [0.3, 0.4) is 0 Å². The Labute approximate surface area is 281 Å². The van der Waals surface area contributed by atoms with E-state index < -0.39 is 63.6 Å². The molecule has 1 N–H and O–H groups in total. The fraction of sp³-hybridized carbons (Fsp3) is 0.559. The van der Waals surface area contributed by atoms with Crippen LogP contribution in [0, 0.1) is 11.7 Å². The molecule has 0 aromatic heterocycles. The second kappa shape index (κ2) is 13.4. The fourth-order valence-electron chi connectivity index (χ4n) is 6.31. The molecule has 0 radical (unpaired) electrons. The number of nitrogens with zero attached hydrogens (tertiary/aromatic N) is 3. The summed E-state index contributed by atoms with van der Waals surface area (Å²) in [6.07, 6.45) is 2.66. The molecule has 3 amide bonds. The first-order valence-electron chi connectivity index (χ1n) is 16.3. The third-order valence-corrected chi connectivity index (χ3v) is 9.66. The summed E-state index contributed by atoms with van der Waals surface area (Å²) in [5.41, 5.74) is -1.23. The second-order valence-electron chi connectivity index (χ2n) is 14.6. The highest BCUT2D eigenvalue weighted by Crippen LogP contribution is 2.46. The Morgan fingerprint density at radius 2 is 1.65 bits per heavy atom. The minimum atomic E-state index is -4.42. The summed E-state index contributed by atoms with van der Waals surface area (Å²) in [6.45, 7) is 10.2. The maximum absolute atomic E-state index is 16.9. The number of benzene rings is 2. The highest BCUT2D eigenvalue weighted by molar-refractivity contribution is 7.92. The number of hydrogen-bond acceptors (Lipinski definition) is 8. The summed E-state index contributed by atoms with van der Waals surface area (Å²) in [5.74, 6) is -1.70. The predicted molar refractivity (Wildman–Crippen MR) is 178 cm³/mol. The van der Waals surface area contributed by atoms with Crippen molar-refractivity contribution in [3.8, 4) is 5.75 Å². The lowest BCUT2D eigenvalue weighted by molar-refractivity contribution is -0.117. The third kappa shape index (κ3) is 8.13. The average Bonchev–Trinajstić information content (AvgIpc) is 3.67. The molecule has 2 aromatic carbocycles. The molecule has 12 nitrogen and oxygen atoms in total. The van der Waals surface area contributed by atoms with Gasteiger partial charge in [-0.15, -0.1) is 0 Å². The number of carbonyl (C=O) groups is 3. The number of anilines is 2. The largest absolute Gasteiger partial charge is 0.487 e. The maximum Gasteiger partial charge on any atom is 0.415 e. The standard InChI is InChI=1S/C34H45FN4O8S/c1-33(2,3)46-31(41)37(18-22-12-10-11-13-22)19-24-16-25-26(39(24)32(42)47-34(4,5)6)17-27(45-21-23-14-8-7-9-15-23)30(29(25)35)38-20-28(40)36-48(38,43)44/h7-9,14-15,17,22,24H,10-13,16,18-21H2,1-6H3,(H,36,40)/t24-/m1/s1. The molecule has 2 aromatic rings. The number of fused-ring (bicyclic) bond motifs is 1. The normalized spacial score (nSPS) is 19.2. The summed E-state index contributed by atoms with van der Waals surface area (Å²) in [6, 6.07) is 9.63. The maximum atomic E-state index is 16.9. The number of hydrogen-bond donors (Lipinski definition) is 1. The van der Waals surface area contributed by atoms with Crippen molar-refractivity contribution in [2.24, 2.45) is 5.92 Å². The van der Waals surface area contributed by atoms with E-state index in [1.807, 2.05) is 10.8 Å². The van der Waals surface area contributed by atoms with E-state index in [4.69, 9.17) is 14.2 Å². The highest BCUT2D eigenvalue weighted by Gasteiger charge is 2.45. The summed E-state index contributed by atoms with van der Waals surface area (Å²) in [4.78, 5) is 42.5. The van der Waals surface area contributed by atoms with Crippen molar-refractivity contribution in [2.75, 3.05) is 28.8 Å². The van der Waals surface area contributed by atoms with Crippen LogP contribution in [0.2, 0.25) is 0 Å². The lowest BCUT2D eigenvalue weighted by Crippen LogP contribution is -2.50. The van der Waals surface area contributed by atoms with Gasteiger partial charge < -0.3 is 19.1 Å². The molecule has 0 bridgehead atoms. The first-order valence-corrected chi connectivity index (χ1v) is 17.7. The van der Waals surface area contributed by atoms with E-state index in [-0.39, 0.29) is 42.5 Å². The smallest absolute Gasteiger partial charge is 0.415 e. The van der Waals surface area contributed by atoms with E-state index in [1.165, 1.54) is 11.0 Å². The van der Waals surface area contributed by atoms with Crippen molar-refractivity contribution in [1.29, 1.82) is 0 Å². The zero-order valence-electron chi connectivity index (χ0n) is 28.4. The summed E-state index contributed by atoms with van der Waals surface area (Å²) in [7, 11) is -4.42. The van der Waals surface area contributed by atoms with Gasteiger partial charge in [-0.25, -0.2) is 23.0 Å². The zero-order valence-corrected chi connectivity index (χ0v) is 29.2. The predicted octanol–water partition coefficient (Wildman–Crippen LogP) is 5.68. The van der Waals surface area contributed by atoms with Crippen LogP contribution in [-0.2, 0) is 37.5 Å². The Balaban J connectivity index is 1.59. The molecule has 5 rings (SSSR count). The van der Waals surface area contributed by atoms with Crippen LogP contribution in [0.5, 0.6) is 5.75 Å². The SMILES string of the molecule is CC(C)(C)OC(=O)N(CC1CCCC1)C[C@H]1Cc2c(cc(OCc3ccccc3)c(N3CC(=O)NS3(=O)=O)c2F)N1C(=O)OC(C)(C)C. The highest BCUT2D eigenvalue weighted by atomic mass is 32.2. The molecule has 14 heteroatoms. The molecule has 1 atom stereocenters. The van der Waals surface area contributed by atoms with E-state index in [0.717, 1.165) is 31.2 Å². The van der Waals surface area contributed by atoms with Crippen LogP contribution >= 0.6 is 0 Å². The van der Waals surface area contributed by atoms with Gasteiger partial charge in [0.1, 0.15) is 35.8 Å². The molecule has 262 valence electrons. The number of rotatable bonds is 8. The van der Waals surface area contributed by atoms with E-state index in [2.05, 4.69) is 0 Å². The summed E-state index contributed by atoms with van der Waals surface area (Å²) in [5, 5.41) is 0. The Morgan fingerprint density at radius 1 is 1.00 bits per heavy atom. The molecule has 48 heavy (non-hydrogen) atoms. The molecule has 1 saturated carbocycles. The van der Waals surface area contributed by atoms with Crippen LogP contribution < -0.4 is 18.7 Å². The fourth-order valence-corrected chi connectivity index (χ4v) is 7.47. The van der Waals surface area contributed by atoms with Gasteiger partial charge in [-0.2, -0.15) is 8.42 Å². The van der Waals surface area contributed by atoms with Crippen LogP contribution in [0.25, 0.3) is 0 Å². The van der Waals surface area contributed by atoms with Gasteiger partial charge in [-0.05, 0) is 65.9 Å². The van der Waals surface area contributed by atoms with Crippen molar-refractivity contribution < 1.29 is 41.4 Å². The van der Waals surface area contributed by atoms with Gasteiger partial charge in [0.2, 0.25) is 0 Å². The molecule has 0 unspecified atom stereocenters. The lowest BCUT2D eigenvalue weighted by atomic mass is 10.1. The van der Waals surface area contributed by atoms with Crippen LogP contribution in [0.4, 0.5) is 25.4 Å². The van der Waals surface area contributed by atoms with Crippen molar-refractivity contribution in [2.45, 2.75) is 97.5 Å². The molecule has 2 heterocycles. The first kappa shape index (κ1) is 35.2. The Hall–Kier alpha value is -4.07. The van der Waals surface area contributed by atoms with E-state index >= 15 is 4.39 Å². The first-order chi connectivity index (χ1) is 22.4. The van der Waals surface area contributed by atoms with Crippen molar-refractivity contribution >= 4 is 39.7 Å². The quantitative estimate of drug-likeness (QED) is 0.375. The number of halogens is 1. The molecule has 2 fully saturated rings.